The summed E-state index contributed by atoms with van der Waals surface area (Å²) in [6.45, 7) is 1.97. The van der Waals surface area contributed by atoms with E-state index < -0.39 is 24.5 Å². The van der Waals surface area contributed by atoms with Gasteiger partial charge in [0.2, 0.25) is 0 Å². The van der Waals surface area contributed by atoms with E-state index in [-0.39, 0.29) is 4.82 Å². The molecule has 5 atom stereocenters. The number of hydrogen-bond acceptors (Lipinski definition) is 7. The molecular formula is C13H18N5O3Se. The van der Waals surface area contributed by atoms with E-state index in [0.29, 0.717) is 23.4 Å². The number of hydrogen-bond donors (Lipinski definition) is 3. The molecular weight excluding hydrogens is 353 g/mol. The van der Waals surface area contributed by atoms with Gasteiger partial charge in [0, 0.05) is 0 Å². The molecule has 1 aliphatic rings. The Bertz CT molecular complexity index is 666. The van der Waals surface area contributed by atoms with E-state index in [2.05, 4.69) is 31.0 Å². The summed E-state index contributed by atoms with van der Waals surface area (Å²) >= 11 is 2.92. The van der Waals surface area contributed by atoms with Crippen LogP contribution < -0.4 is 5.73 Å². The van der Waals surface area contributed by atoms with Gasteiger partial charge in [0.15, 0.2) is 0 Å². The van der Waals surface area contributed by atoms with Gasteiger partial charge in [0.1, 0.15) is 0 Å². The second-order valence-electron chi connectivity index (χ2n) is 5.39. The van der Waals surface area contributed by atoms with E-state index >= 15 is 0 Å². The third-order valence-electron chi connectivity index (χ3n) is 3.88. The first-order valence-electron chi connectivity index (χ1n) is 7.15. The van der Waals surface area contributed by atoms with Crippen molar-refractivity contribution in [2.24, 2.45) is 0 Å². The maximum atomic E-state index is 10.3. The van der Waals surface area contributed by atoms with Crippen LogP contribution in [-0.2, 0) is 4.74 Å². The Morgan fingerprint density at radius 1 is 1.45 bits per heavy atom. The van der Waals surface area contributed by atoms with Gasteiger partial charge in [-0.2, -0.15) is 0 Å². The Morgan fingerprint density at radius 3 is 2.95 bits per heavy atom. The van der Waals surface area contributed by atoms with Crippen LogP contribution in [-0.4, -0.2) is 64.1 Å². The fourth-order valence-corrected chi connectivity index (χ4v) is 3.47. The Balaban J connectivity index is 1.92. The second-order valence-corrected chi connectivity index (χ2v) is 6.53. The molecule has 0 bridgehead atoms. The van der Waals surface area contributed by atoms with Crippen LogP contribution in [0.3, 0.4) is 0 Å². The van der Waals surface area contributed by atoms with Crippen molar-refractivity contribution in [1.82, 2.24) is 19.5 Å². The maximum absolute atomic E-state index is 10.3. The number of fused-ring (bicyclic) bond motifs is 1. The van der Waals surface area contributed by atoms with Crippen LogP contribution in [0.25, 0.3) is 11.2 Å². The number of anilines is 1. The standard InChI is InChI=1S/C13H18N5O3Se/c1-2-3-6(19)9-8(20)10(22)13(21-9)18-5-17-7-11(14)15-4-16-12(7)18/h4-6,8-10,13,19-20H,2-3H2,1H3,(H2,14,15,16)/t6?,8-,9-,10-,13-/m1/s1. The third-order valence-corrected chi connectivity index (χ3v) is 4.95. The van der Waals surface area contributed by atoms with Crippen LogP contribution in [0, 0.1) is 0 Å². The van der Waals surface area contributed by atoms with Crippen molar-refractivity contribution in [3.8, 4) is 0 Å². The van der Waals surface area contributed by atoms with E-state index in [0.717, 1.165) is 6.42 Å². The first-order valence-corrected chi connectivity index (χ1v) is 8.14. The number of aliphatic hydroxyl groups excluding tert-OH is 2. The molecule has 0 saturated carbocycles. The summed E-state index contributed by atoms with van der Waals surface area (Å²) in [7, 11) is 0. The topological polar surface area (TPSA) is 119 Å². The minimum atomic E-state index is -0.803. The predicted molar refractivity (Wildman–Crippen MR) is 80.1 cm³/mol. The molecule has 1 saturated heterocycles. The molecule has 22 heavy (non-hydrogen) atoms. The molecule has 0 aliphatic carbocycles. The molecule has 9 heteroatoms. The average Bonchev–Trinajstić information content (AvgIpc) is 3.03. The molecule has 0 amide bonds. The van der Waals surface area contributed by atoms with Crippen molar-refractivity contribution in [1.29, 1.82) is 0 Å². The van der Waals surface area contributed by atoms with E-state index in [1.165, 1.54) is 6.33 Å². The molecule has 119 valence electrons. The zero-order chi connectivity index (χ0) is 15.9. The molecule has 1 unspecified atom stereocenters. The van der Waals surface area contributed by atoms with Crippen molar-refractivity contribution in [2.45, 2.75) is 49.1 Å². The normalized spacial score (nSPS) is 30.0. The molecule has 0 aromatic carbocycles. The number of ether oxygens (including phenoxy) is 1. The van der Waals surface area contributed by atoms with Gasteiger partial charge >= 0.3 is 135 Å². The minimum absolute atomic E-state index is 0.293. The van der Waals surface area contributed by atoms with Gasteiger partial charge in [-0.25, -0.2) is 0 Å². The number of aliphatic hydroxyl groups is 2. The van der Waals surface area contributed by atoms with Gasteiger partial charge in [-0.05, 0) is 0 Å². The first kappa shape index (κ1) is 15.6. The van der Waals surface area contributed by atoms with Crippen LogP contribution >= 0.6 is 0 Å². The molecule has 1 aliphatic heterocycles. The summed E-state index contributed by atoms with van der Waals surface area (Å²) in [6.07, 6.45) is 1.64. The van der Waals surface area contributed by atoms with Gasteiger partial charge in [-0.15, -0.1) is 0 Å². The summed E-state index contributed by atoms with van der Waals surface area (Å²) in [5.41, 5.74) is 6.81. The summed E-state index contributed by atoms with van der Waals surface area (Å²) in [4.78, 5) is 12.0. The first-order chi connectivity index (χ1) is 10.5. The molecule has 0 spiro atoms. The predicted octanol–water partition coefficient (Wildman–Crippen LogP) is -0.215. The van der Waals surface area contributed by atoms with Crippen LogP contribution in [0.5, 0.6) is 0 Å². The summed E-state index contributed by atoms with van der Waals surface area (Å²) < 4.78 is 7.59. The van der Waals surface area contributed by atoms with Gasteiger partial charge in [0.05, 0.1) is 0 Å². The zero-order valence-electron chi connectivity index (χ0n) is 12.0. The molecule has 3 heterocycles. The number of imidazole rings is 1. The summed E-state index contributed by atoms with van der Waals surface area (Å²) in [5.74, 6) is 0.293. The Hall–Kier alpha value is -1.25. The van der Waals surface area contributed by atoms with E-state index in [1.807, 2.05) is 6.92 Å². The Labute approximate surface area is 135 Å². The van der Waals surface area contributed by atoms with Crippen LogP contribution in [0.15, 0.2) is 12.7 Å². The number of nitrogen functional groups attached to an aromatic ring is 1. The van der Waals surface area contributed by atoms with Crippen LogP contribution in [0.4, 0.5) is 5.82 Å². The van der Waals surface area contributed by atoms with Crippen LogP contribution in [0.2, 0.25) is 4.82 Å². The van der Waals surface area contributed by atoms with E-state index in [1.54, 1.807) is 10.9 Å². The second kappa shape index (κ2) is 6.10. The van der Waals surface area contributed by atoms with Crippen LogP contribution in [0.1, 0.15) is 26.0 Å². The zero-order valence-corrected chi connectivity index (χ0v) is 13.7. The Kier molecular flexibility index (Phi) is 4.33. The fourth-order valence-electron chi connectivity index (χ4n) is 2.73. The molecule has 2 aromatic heterocycles. The van der Waals surface area contributed by atoms with Gasteiger partial charge in [-0.3, -0.25) is 0 Å². The summed E-state index contributed by atoms with van der Waals surface area (Å²) in [6, 6.07) is 0. The molecule has 2 aromatic rings. The molecule has 1 radical (unpaired) electrons. The molecule has 8 nitrogen and oxygen atoms in total. The molecule has 3 rings (SSSR count). The molecule has 1 fully saturated rings. The van der Waals surface area contributed by atoms with Gasteiger partial charge < -0.3 is 0 Å². The van der Waals surface area contributed by atoms with Crippen molar-refractivity contribution < 1.29 is 14.9 Å². The monoisotopic (exact) mass is 372 g/mol. The number of nitrogens with zero attached hydrogens (tertiary/aromatic N) is 4. The number of aromatic nitrogens is 4. The number of rotatable bonds is 4. The SMILES string of the molecule is CCCC(O)[C@H]1O[C@@H](n2cnc3c(N)ncnc32)[C@H]([Se])[C@@H]1O. The van der Waals surface area contributed by atoms with Crippen molar-refractivity contribution in [3.63, 3.8) is 0 Å². The van der Waals surface area contributed by atoms with Crippen molar-refractivity contribution in [2.75, 3.05) is 5.73 Å². The fraction of sp³-hybridized carbons (Fsp3) is 0.615. The van der Waals surface area contributed by atoms with E-state index in [4.69, 9.17) is 10.5 Å². The number of nitrogens with two attached hydrogens (primary N) is 1. The van der Waals surface area contributed by atoms with E-state index in [9.17, 15) is 10.2 Å². The van der Waals surface area contributed by atoms with Gasteiger partial charge in [0.25, 0.3) is 0 Å². The van der Waals surface area contributed by atoms with Gasteiger partial charge in [-0.1, -0.05) is 0 Å². The quantitative estimate of drug-likeness (QED) is 0.636. The molecule has 4 N–H and O–H groups in total. The van der Waals surface area contributed by atoms with Crippen molar-refractivity contribution >= 4 is 33.0 Å². The summed E-state index contributed by atoms with van der Waals surface area (Å²) in [5, 5.41) is 20.5. The Morgan fingerprint density at radius 2 is 2.23 bits per heavy atom. The third kappa shape index (κ3) is 2.49. The van der Waals surface area contributed by atoms with Crippen molar-refractivity contribution in [3.05, 3.63) is 12.7 Å². The average molecular weight is 371 g/mol.